The highest BCUT2D eigenvalue weighted by atomic mass is 28.4. The third-order valence-corrected chi connectivity index (χ3v) is 13.4. The second-order valence-electron chi connectivity index (χ2n) is 13.4. The number of ether oxygens (including phenoxy) is 3. The fourth-order valence-electron chi connectivity index (χ4n) is 5.00. The first kappa shape index (κ1) is 37.1. The van der Waals surface area contributed by atoms with E-state index in [1.807, 2.05) is 58.0 Å². The molecule has 0 saturated heterocycles. The van der Waals surface area contributed by atoms with Gasteiger partial charge in [-0.05, 0) is 61.5 Å². The van der Waals surface area contributed by atoms with Gasteiger partial charge in [0.25, 0.3) is 0 Å². The second kappa shape index (κ2) is 16.6. The van der Waals surface area contributed by atoms with E-state index in [0.717, 1.165) is 17.6 Å². The summed E-state index contributed by atoms with van der Waals surface area (Å²) in [5, 5.41) is -0.0466. The number of carbonyl (C=O) groups is 2. The molecule has 0 saturated carbocycles. The number of aldehydes is 1. The van der Waals surface area contributed by atoms with Gasteiger partial charge in [-0.15, -0.1) is 6.58 Å². The summed E-state index contributed by atoms with van der Waals surface area (Å²) < 4.78 is 25.0. The van der Waals surface area contributed by atoms with Gasteiger partial charge < -0.3 is 23.4 Å². The number of carbonyl (C=O) groups excluding carboxylic acids is 2. The summed E-state index contributed by atoms with van der Waals surface area (Å²) in [5.41, 5.74) is 1.03. The Balaban J connectivity index is 3.45. The quantitative estimate of drug-likeness (QED) is 0.0742. The van der Waals surface area contributed by atoms with Crippen LogP contribution in [0.5, 0.6) is 5.75 Å². The first-order chi connectivity index (χ1) is 19.0. The predicted molar refractivity (Wildman–Crippen MR) is 171 cm³/mol. The van der Waals surface area contributed by atoms with Crippen molar-refractivity contribution in [3.63, 3.8) is 0 Å². The van der Waals surface area contributed by atoms with Gasteiger partial charge in [-0.2, -0.15) is 0 Å². The van der Waals surface area contributed by atoms with E-state index in [1.165, 1.54) is 0 Å². The molecule has 0 bridgehead atoms. The Morgan fingerprint density at radius 2 is 1.61 bits per heavy atom. The molecule has 0 heterocycles. The standard InChI is InChI=1S/C34H58O6Si/c1-14-24(4)30(15-2)39-33(36)27(7)32(40-41(12,13)34(8,9)10)26(6)31(25(5)20-23(3)21-35)38-22-28-16-18-29(37-11)19-17-28/h14,16-19,21,23-27,30-32H,1,15,20,22H2,2-13H3/t23-,24-,25+,26-,27-,30-,31+,32+/m1/s1. The predicted octanol–water partition coefficient (Wildman–Crippen LogP) is 8.25. The van der Waals surface area contributed by atoms with E-state index in [1.54, 1.807) is 7.11 Å². The van der Waals surface area contributed by atoms with Crippen molar-refractivity contribution in [1.82, 2.24) is 0 Å². The molecular formula is C34H58O6Si. The number of methoxy groups -OCH3 is 1. The van der Waals surface area contributed by atoms with E-state index in [-0.39, 0.29) is 46.9 Å². The molecular weight excluding hydrogens is 532 g/mol. The molecule has 0 aliphatic carbocycles. The normalized spacial score (nSPS) is 18.2. The van der Waals surface area contributed by atoms with Crippen molar-refractivity contribution in [3.8, 4) is 5.75 Å². The molecule has 0 aliphatic heterocycles. The number of benzene rings is 1. The Labute approximate surface area is 251 Å². The van der Waals surface area contributed by atoms with Gasteiger partial charge in [-0.3, -0.25) is 4.79 Å². The zero-order valence-corrected chi connectivity index (χ0v) is 28.9. The highest BCUT2D eigenvalue weighted by molar-refractivity contribution is 6.74. The van der Waals surface area contributed by atoms with Gasteiger partial charge in [-0.25, -0.2) is 0 Å². The van der Waals surface area contributed by atoms with Crippen molar-refractivity contribution in [2.24, 2.45) is 29.6 Å². The van der Waals surface area contributed by atoms with Crippen LogP contribution in [0, 0.1) is 29.6 Å². The molecule has 0 spiro atoms. The topological polar surface area (TPSA) is 71.1 Å². The summed E-state index contributed by atoms with van der Waals surface area (Å²) in [7, 11) is -0.636. The van der Waals surface area contributed by atoms with Gasteiger partial charge in [0.15, 0.2) is 8.32 Å². The summed E-state index contributed by atoms with van der Waals surface area (Å²) in [6.45, 7) is 27.5. The fraction of sp³-hybridized carbons (Fsp3) is 0.706. The van der Waals surface area contributed by atoms with Crippen LogP contribution in [0.15, 0.2) is 36.9 Å². The minimum Gasteiger partial charge on any atom is -0.497 e. The van der Waals surface area contributed by atoms with Gasteiger partial charge in [0, 0.05) is 17.8 Å². The van der Waals surface area contributed by atoms with E-state index < -0.39 is 20.3 Å². The van der Waals surface area contributed by atoms with Crippen molar-refractivity contribution in [2.45, 2.75) is 118 Å². The Kier molecular flexibility index (Phi) is 15.0. The SMILES string of the molecule is C=C[C@@H](C)[C@@H](CC)OC(=O)[C@H](C)[C@@H](O[Si](C)(C)C(C)(C)C)[C@H](C)[C@@H](OCc1ccc(OC)cc1)[C@@H](C)C[C@@H](C)C=O. The van der Waals surface area contributed by atoms with E-state index >= 15 is 0 Å². The van der Waals surface area contributed by atoms with Crippen LogP contribution in [0.3, 0.4) is 0 Å². The maximum Gasteiger partial charge on any atom is 0.311 e. The van der Waals surface area contributed by atoms with Crippen molar-refractivity contribution in [2.75, 3.05) is 7.11 Å². The smallest absolute Gasteiger partial charge is 0.311 e. The minimum atomic E-state index is -2.28. The minimum absolute atomic E-state index is 0.0466. The van der Waals surface area contributed by atoms with E-state index in [9.17, 15) is 9.59 Å². The lowest BCUT2D eigenvalue weighted by Gasteiger charge is -2.44. The summed E-state index contributed by atoms with van der Waals surface area (Å²) in [4.78, 5) is 25.2. The van der Waals surface area contributed by atoms with Crippen LogP contribution in [-0.2, 0) is 30.1 Å². The van der Waals surface area contributed by atoms with Gasteiger partial charge in [0.2, 0.25) is 0 Å². The third kappa shape index (κ3) is 11.0. The molecule has 8 atom stereocenters. The number of esters is 1. The van der Waals surface area contributed by atoms with Crippen LogP contribution < -0.4 is 4.74 Å². The lowest BCUT2D eigenvalue weighted by molar-refractivity contribution is -0.162. The summed E-state index contributed by atoms with van der Waals surface area (Å²) in [6.07, 6.45) is 3.31. The second-order valence-corrected chi connectivity index (χ2v) is 18.2. The van der Waals surface area contributed by atoms with Crippen molar-refractivity contribution in [1.29, 1.82) is 0 Å². The Morgan fingerprint density at radius 1 is 1.02 bits per heavy atom. The first-order valence-electron chi connectivity index (χ1n) is 15.2. The van der Waals surface area contributed by atoms with Crippen LogP contribution in [-0.4, -0.2) is 46.0 Å². The largest absolute Gasteiger partial charge is 0.497 e. The third-order valence-electron chi connectivity index (χ3n) is 8.90. The Bertz CT molecular complexity index is 938. The van der Waals surface area contributed by atoms with E-state index in [0.29, 0.717) is 19.4 Å². The van der Waals surface area contributed by atoms with Crippen LogP contribution in [0.25, 0.3) is 0 Å². The van der Waals surface area contributed by atoms with Gasteiger partial charge >= 0.3 is 5.97 Å². The zero-order chi connectivity index (χ0) is 31.5. The molecule has 0 fully saturated rings. The molecule has 1 aromatic carbocycles. The Hall–Kier alpha value is -1.96. The average Bonchev–Trinajstić information content (AvgIpc) is 2.93. The summed E-state index contributed by atoms with van der Waals surface area (Å²) >= 11 is 0. The van der Waals surface area contributed by atoms with Crippen molar-refractivity contribution < 1.29 is 28.2 Å². The molecule has 234 valence electrons. The summed E-state index contributed by atoms with van der Waals surface area (Å²) in [6, 6.07) is 7.83. The van der Waals surface area contributed by atoms with E-state index in [4.69, 9.17) is 18.6 Å². The van der Waals surface area contributed by atoms with Crippen LogP contribution >= 0.6 is 0 Å². The zero-order valence-electron chi connectivity index (χ0n) is 27.9. The molecule has 0 amide bonds. The lowest BCUT2D eigenvalue weighted by atomic mass is 9.81. The Morgan fingerprint density at radius 3 is 2.07 bits per heavy atom. The number of hydrogen-bond donors (Lipinski definition) is 0. The van der Waals surface area contributed by atoms with Gasteiger partial charge in [-0.1, -0.05) is 73.6 Å². The molecule has 0 aromatic heterocycles. The molecule has 0 N–H and O–H groups in total. The van der Waals surface area contributed by atoms with Crippen molar-refractivity contribution in [3.05, 3.63) is 42.5 Å². The van der Waals surface area contributed by atoms with Crippen LogP contribution in [0.2, 0.25) is 18.1 Å². The highest BCUT2D eigenvalue weighted by Gasteiger charge is 2.45. The van der Waals surface area contributed by atoms with Crippen LogP contribution in [0.1, 0.15) is 80.7 Å². The van der Waals surface area contributed by atoms with Crippen molar-refractivity contribution >= 4 is 20.6 Å². The summed E-state index contributed by atoms with van der Waals surface area (Å²) in [5.74, 6) is -0.108. The fourth-order valence-corrected chi connectivity index (χ4v) is 6.45. The maximum absolute atomic E-state index is 13.7. The molecule has 1 rings (SSSR count). The molecule has 0 aliphatic rings. The monoisotopic (exact) mass is 590 g/mol. The molecule has 0 radical (unpaired) electrons. The van der Waals surface area contributed by atoms with Gasteiger partial charge in [0.1, 0.15) is 18.1 Å². The molecule has 0 unspecified atom stereocenters. The number of hydrogen-bond acceptors (Lipinski definition) is 6. The lowest BCUT2D eigenvalue weighted by Crippen LogP contribution is -2.52. The van der Waals surface area contributed by atoms with Crippen LogP contribution in [0.4, 0.5) is 0 Å². The average molecular weight is 591 g/mol. The molecule has 7 heteroatoms. The highest BCUT2D eigenvalue weighted by Crippen LogP contribution is 2.41. The number of rotatable bonds is 18. The molecule has 41 heavy (non-hydrogen) atoms. The maximum atomic E-state index is 13.7. The van der Waals surface area contributed by atoms with E-state index in [2.05, 4.69) is 54.3 Å². The molecule has 1 aromatic rings. The molecule has 6 nitrogen and oxygen atoms in total. The first-order valence-corrected chi connectivity index (χ1v) is 18.1. The van der Waals surface area contributed by atoms with Gasteiger partial charge in [0.05, 0.1) is 31.8 Å².